The molecule has 8 heteroatoms. The molecule has 0 unspecified atom stereocenters. The fraction of sp³-hybridized carbons (Fsp3) is 0.179. The summed E-state index contributed by atoms with van der Waals surface area (Å²) in [7, 11) is 3.17. The quantitative estimate of drug-likeness (QED) is 0.350. The standard InChI is InChI=1S/C28H24BrN3O4/c1-16(33)32-24(21-14-19(35-2)10-12-25(21)36-3)15-23(31-32)27-26(17-7-5-4-6-8-17)20-13-18(29)9-11-22(20)30-28(27)34/h4-14,24H,15H2,1-3H3,(H,30,34)/t24-/m0/s1. The Morgan fingerprint density at radius 2 is 1.81 bits per heavy atom. The first-order valence-electron chi connectivity index (χ1n) is 11.4. The van der Waals surface area contributed by atoms with Crippen LogP contribution >= 0.6 is 15.9 Å². The molecule has 0 saturated carbocycles. The highest BCUT2D eigenvalue weighted by Gasteiger charge is 2.36. The second-order valence-corrected chi connectivity index (χ2v) is 9.41. The Morgan fingerprint density at radius 3 is 2.50 bits per heavy atom. The van der Waals surface area contributed by atoms with E-state index in [1.807, 2.05) is 54.6 Å². The summed E-state index contributed by atoms with van der Waals surface area (Å²) in [5, 5.41) is 7.00. The van der Waals surface area contributed by atoms with Crippen LogP contribution in [0.15, 0.2) is 81.1 Å². The number of carbonyl (C=O) groups is 1. The van der Waals surface area contributed by atoms with Gasteiger partial charge < -0.3 is 14.5 Å². The lowest BCUT2D eigenvalue weighted by Crippen LogP contribution is -2.24. The first kappa shape index (κ1) is 23.8. The van der Waals surface area contributed by atoms with Gasteiger partial charge in [0.05, 0.1) is 31.5 Å². The van der Waals surface area contributed by atoms with Crippen LogP contribution in [-0.4, -0.2) is 35.8 Å². The van der Waals surface area contributed by atoms with Gasteiger partial charge in [-0.05, 0) is 42.0 Å². The van der Waals surface area contributed by atoms with Crippen LogP contribution in [0.1, 0.15) is 30.5 Å². The molecule has 0 spiro atoms. The average Bonchev–Trinajstić information content (AvgIpc) is 3.33. The van der Waals surface area contributed by atoms with Crippen LogP contribution in [0.25, 0.3) is 22.0 Å². The second kappa shape index (κ2) is 9.62. The van der Waals surface area contributed by atoms with Crippen LogP contribution in [-0.2, 0) is 4.79 Å². The van der Waals surface area contributed by atoms with Crippen LogP contribution in [0.5, 0.6) is 11.5 Å². The molecule has 7 nitrogen and oxygen atoms in total. The summed E-state index contributed by atoms with van der Waals surface area (Å²) >= 11 is 3.56. The number of hydrazone groups is 1. The van der Waals surface area contributed by atoms with E-state index in [4.69, 9.17) is 14.6 Å². The van der Waals surface area contributed by atoms with Crippen LogP contribution in [0.3, 0.4) is 0 Å². The van der Waals surface area contributed by atoms with E-state index in [0.29, 0.717) is 29.2 Å². The third-order valence-corrected chi connectivity index (χ3v) is 6.85. The predicted octanol–water partition coefficient (Wildman–Crippen LogP) is 5.67. The number of nitrogens with zero attached hydrogens (tertiary/aromatic N) is 2. The summed E-state index contributed by atoms with van der Waals surface area (Å²) in [6.45, 7) is 1.46. The maximum Gasteiger partial charge on any atom is 0.258 e. The molecule has 1 aromatic heterocycles. The molecular formula is C28H24BrN3O4. The van der Waals surface area contributed by atoms with E-state index in [2.05, 4.69) is 20.9 Å². The molecule has 4 aromatic rings. The molecule has 1 amide bonds. The van der Waals surface area contributed by atoms with Crippen molar-refractivity contribution in [1.29, 1.82) is 0 Å². The summed E-state index contributed by atoms with van der Waals surface area (Å²) in [6, 6.07) is 20.5. The Labute approximate surface area is 216 Å². The number of H-pyrrole nitrogens is 1. The molecule has 36 heavy (non-hydrogen) atoms. The van der Waals surface area contributed by atoms with Crippen LogP contribution in [0, 0.1) is 0 Å². The Kier molecular flexibility index (Phi) is 6.36. The Balaban J connectivity index is 1.74. The van der Waals surface area contributed by atoms with Crippen molar-refractivity contribution >= 4 is 38.5 Å². The van der Waals surface area contributed by atoms with Crippen molar-refractivity contribution in [3.63, 3.8) is 0 Å². The number of halogens is 1. The molecule has 1 aliphatic heterocycles. The lowest BCUT2D eigenvalue weighted by Gasteiger charge is -2.23. The highest BCUT2D eigenvalue weighted by atomic mass is 79.9. The van der Waals surface area contributed by atoms with Crippen molar-refractivity contribution in [3.8, 4) is 22.6 Å². The summed E-state index contributed by atoms with van der Waals surface area (Å²) in [5.74, 6) is 1.02. The highest BCUT2D eigenvalue weighted by Crippen LogP contribution is 2.41. The Morgan fingerprint density at radius 1 is 1.03 bits per heavy atom. The van der Waals surface area contributed by atoms with E-state index < -0.39 is 6.04 Å². The highest BCUT2D eigenvalue weighted by molar-refractivity contribution is 9.10. The number of carbonyl (C=O) groups excluding carboxylic acids is 1. The fourth-order valence-corrected chi connectivity index (χ4v) is 5.10. The summed E-state index contributed by atoms with van der Waals surface area (Å²) < 4.78 is 11.9. The van der Waals surface area contributed by atoms with Gasteiger partial charge in [0.25, 0.3) is 5.56 Å². The van der Waals surface area contributed by atoms with E-state index in [1.165, 1.54) is 11.9 Å². The van der Waals surface area contributed by atoms with E-state index >= 15 is 0 Å². The van der Waals surface area contributed by atoms with Gasteiger partial charge >= 0.3 is 0 Å². The van der Waals surface area contributed by atoms with Crippen molar-refractivity contribution in [2.75, 3.05) is 14.2 Å². The van der Waals surface area contributed by atoms with Crippen LogP contribution in [0.4, 0.5) is 0 Å². The number of rotatable bonds is 5. The third-order valence-electron chi connectivity index (χ3n) is 6.36. The van der Waals surface area contributed by atoms with Crippen molar-refractivity contribution < 1.29 is 14.3 Å². The molecule has 0 saturated heterocycles. The molecular weight excluding hydrogens is 522 g/mol. The van der Waals surface area contributed by atoms with Gasteiger partial charge in [0, 0.05) is 39.8 Å². The Bertz CT molecular complexity index is 1560. The monoisotopic (exact) mass is 545 g/mol. The van der Waals surface area contributed by atoms with Gasteiger partial charge in [0.2, 0.25) is 5.91 Å². The van der Waals surface area contributed by atoms with Crippen molar-refractivity contribution in [2.45, 2.75) is 19.4 Å². The summed E-state index contributed by atoms with van der Waals surface area (Å²) in [6.07, 6.45) is 0.339. The number of amides is 1. The van der Waals surface area contributed by atoms with E-state index in [9.17, 15) is 9.59 Å². The lowest BCUT2D eigenvalue weighted by molar-refractivity contribution is -0.130. The average molecular weight is 546 g/mol. The molecule has 0 fully saturated rings. The summed E-state index contributed by atoms with van der Waals surface area (Å²) in [4.78, 5) is 29.3. The number of hydrogen-bond acceptors (Lipinski definition) is 5. The number of fused-ring (bicyclic) bond motifs is 1. The molecule has 3 aromatic carbocycles. The number of hydrogen-bond donors (Lipinski definition) is 1. The molecule has 2 heterocycles. The number of aromatic nitrogens is 1. The van der Waals surface area contributed by atoms with E-state index in [1.54, 1.807) is 26.4 Å². The SMILES string of the molecule is COc1ccc(OC)c([C@@H]2CC(c3c(-c4ccccc4)c4cc(Br)ccc4[nH]c3=O)=NN2C(C)=O)c1. The number of nitrogens with one attached hydrogen (secondary N) is 1. The van der Waals surface area contributed by atoms with E-state index in [-0.39, 0.29) is 11.5 Å². The first-order chi connectivity index (χ1) is 17.4. The largest absolute Gasteiger partial charge is 0.497 e. The number of benzene rings is 3. The molecule has 5 rings (SSSR count). The number of pyridine rings is 1. The van der Waals surface area contributed by atoms with Gasteiger partial charge in [-0.15, -0.1) is 0 Å². The second-order valence-electron chi connectivity index (χ2n) is 8.50. The zero-order valence-corrected chi connectivity index (χ0v) is 21.6. The zero-order chi connectivity index (χ0) is 25.4. The van der Waals surface area contributed by atoms with Crippen molar-refractivity contribution in [1.82, 2.24) is 9.99 Å². The number of ether oxygens (including phenoxy) is 2. The van der Waals surface area contributed by atoms with Gasteiger partial charge in [-0.2, -0.15) is 5.10 Å². The molecule has 1 atom stereocenters. The lowest BCUT2D eigenvalue weighted by atomic mass is 9.91. The molecule has 1 N–H and O–H groups in total. The maximum atomic E-state index is 13.5. The molecule has 0 radical (unpaired) electrons. The molecule has 0 aliphatic carbocycles. The minimum absolute atomic E-state index is 0.235. The molecule has 0 bridgehead atoms. The topological polar surface area (TPSA) is 84.0 Å². The smallest absolute Gasteiger partial charge is 0.258 e. The van der Waals surface area contributed by atoms with Gasteiger partial charge in [-0.25, -0.2) is 5.01 Å². The van der Waals surface area contributed by atoms with E-state index in [0.717, 1.165) is 32.1 Å². The molecule has 1 aliphatic rings. The minimum atomic E-state index is -0.455. The first-order valence-corrected chi connectivity index (χ1v) is 12.2. The van der Waals surface area contributed by atoms with Crippen molar-refractivity contribution in [3.05, 3.63) is 92.7 Å². The molecule has 182 valence electrons. The van der Waals surface area contributed by atoms with Crippen LogP contribution < -0.4 is 15.0 Å². The fourth-order valence-electron chi connectivity index (χ4n) is 4.74. The normalized spacial score (nSPS) is 15.2. The third kappa shape index (κ3) is 4.18. The van der Waals surface area contributed by atoms with Gasteiger partial charge in [-0.1, -0.05) is 46.3 Å². The van der Waals surface area contributed by atoms with Crippen LogP contribution in [0.2, 0.25) is 0 Å². The zero-order valence-electron chi connectivity index (χ0n) is 20.0. The maximum absolute atomic E-state index is 13.5. The minimum Gasteiger partial charge on any atom is -0.497 e. The van der Waals surface area contributed by atoms with Gasteiger partial charge in [-0.3, -0.25) is 9.59 Å². The predicted molar refractivity (Wildman–Crippen MR) is 144 cm³/mol. The van der Waals surface area contributed by atoms with Gasteiger partial charge in [0.1, 0.15) is 11.5 Å². The number of methoxy groups -OCH3 is 2. The number of aromatic amines is 1. The Hall–Kier alpha value is -3.91. The van der Waals surface area contributed by atoms with Gasteiger partial charge in [0.15, 0.2) is 0 Å². The summed E-state index contributed by atoms with van der Waals surface area (Å²) in [5.41, 5.74) is 3.86. The van der Waals surface area contributed by atoms with Crippen molar-refractivity contribution in [2.24, 2.45) is 5.10 Å².